The minimum absolute atomic E-state index is 0.0230. The fourth-order valence-electron chi connectivity index (χ4n) is 1.77. The maximum Gasteiger partial charge on any atom is 0.437 e. The van der Waals surface area contributed by atoms with Crippen molar-refractivity contribution in [1.82, 2.24) is 0 Å². The van der Waals surface area contributed by atoms with Crippen LogP contribution < -0.4 is 5.32 Å². The second-order valence-corrected chi connectivity index (χ2v) is 7.96. The quantitative estimate of drug-likeness (QED) is 0.669. The summed E-state index contributed by atoms with van der Waals surface area (Å²) in [5, 5.41) is 6.41. The number of thioether (sulfide) groups is 1. The minimum atomic E-state index is -3.15. The number of oxime groups is 1. The topological polar surface area (TPSA) is 84.8 Å². The van der Waals surface area contributed by atoms with E-state index in [0.29, 0.717) is 16.4 Å². The standard InChI is InChI=1S/C12H13ClN2O4S2/c1-20-11-7-21(17,18)6-10(11)15-19-12(16)14-9-4-2-8(13)3-5-9/h2-5,11H,6-7H2,1H3,(H,14,16)/b15-10+. The number of carbonyl (C=O) groups is 1. The Kier molecular flexibility index (Phi) is 5.13. The maximum atomic E-state index is 11.6. The molecule has 1 unspecified atom stereocenters. The molecule has 21 heavy (non-hydrogen) atoms. The zero-order valence-electron chi connectivity index (χ0n) is 11.1. The Morgan fingerprint density at radius 2 is 2.10 bits per heavy atom. The summed E-state index contributed by atoms with van der Waals surface area (Å²) in [6.07, 6.45) is 1.00. The average molecular weight is 349 g/mol. The van der Waals surface area contributed by atoms with Gasteiger partial charge in [0.15, 0.2) is 9.84 Å². The van der Waals surface area contributed by atoms with E-state index in [1.54, 1.807) is 30.5 Å². The molecule has 1 saturated heterocycles. The van der Waals surface area contributed by atoms with Crippen LogP contribution in [-0.4, -0.2) is 43.2 Å². The molecule has 114 valence electrons. The summed E-state index contributed by atoms with van der Waals surface area (Å²) in [5.74, 6) is -0.151. The van der Waals surface area contributed by atoms with Gasteiger partial charge < -0.3 is 0 Å². The van der Waals surface area contributed by atoms with E-state index in [1.165, 1.54) is 11.8 Å². The third kappa shape index (κ3) is 4.62. The highest BCUT2D eigenvalue weighted by atomic mass is 35.5. The minimum Gasteiger partial charge on any atom is -0.298 e. The maximum absolute atomic E-state index is 11.6. The third-order valence-corrected chi connectivity index (χ3v) is 5.81. The molecule has 1 fully saturated rings. The average Bonchev–Trinajstić information content (AvgIpc) is 2.73. The van der Waals surface area contributed by atoms with Gasteiger partial charge in [-0.05, 0) is 30.5 Å². The summed E-state index contributed by atoms with van der Waals surface area (Å²) in [4.78, 5) is 16.3. The molecule has 0 aliphatic carbocycles. The Balaban J connectivity index is 1.97. The molecule has 2 rings (SSSR count). The molecule has 1 N–H and O–H groups in total. The lowest BCUT2D eigenvalue weighted by atomic mass is 10.3. The van der Waals surface area contributed by atoms with E-state index in [0.717, 1.165) is 0 Å². The van der Waals surface area contributed by atoms with Crippen LogP contribution in [0, 0.1) is 0 Å². The van der Waals surface area contributed by atoms with E-state index in [2.05, 4.69) is 10.5 Å². The number of rotatable bonds is 3. The van der Waals surface area contributed by atoms with Gasteiger partial charge in [0, 0.05) is 10.7 Å². The first-order chi connectivity index (χ1) is 9.89. The number of nitrogens with one attached hydrogen (secondary N) is 1. The highest BCUT2D eigenvalue weighted by molar-refractivity contribution is 8.02. The summed E-state index contributed by atoms with van der Waals surface area (Å²) in [5.41, 5.74) is 0.860. The Labute approximate surface area is 131 Å². The molecule has 0 radical (unpaired) electrons. The van der Waals surface area contributed by atoms with Crippen molar-refractivity contribution in [3.63, 3.8) is 0 Å². The first-order valence-corrected chi connectivity index (χ1v) is 9.42. The fourth-order valence-corrected chi connectivity index (χ4v) is 5.04. The highest BCUT2D eigenvalue weighted by Gasteiger charge is 2.34. The van der Waals surface area contributed by atoms with Gasteiger partial charge in [0.1, 0.15) is 0 Å². The van der Waals surface area contributed by atoms with Crippen LogP contribution in [0.1, 0.15) is 0 Å². The first kappa shape index (κ1) is 16.1. The number of hydrogen-bond donors (Lipinski definition) is 1. The zero-order valence-corrected chi connectivity index (χ0v) is 13.5. The number of amides is 1. The van der Waals surface area contributed by atoms with Crippen molar-refractivity contribution in [2.75, 3.05) is 23.1 Å². The second-order valence-electron chi connectivity index (χ2n) is 4.37. The van der Waals surface area contributed by atoms with Gasteiger partial charge in [-0.25, -0.2) is 13.2 Å². The third-order valence-electron chi connectivity index (χ3n) is 2.77. The Morgan fingerprint density at radius 3 is 2.71 bits per heavy atom. The van der Waals surface area contributed by atoms with Crippen molar-refractivity contribution in [1.29, 1.82) is 0 Å². The van der Waals surface area contributed by atoms with Gasteiger partial charge in [0.2, 0.25) is 0 Å². The largest absolute Gasteiger partial charge is 0.437 e. The molecule has 1 heterocycles. The molecule has 0 saturated carbocycles. The van der Waals surface area contributed by atoms with Crippen molar-refractivity contribution in [2.24, 2.45) is 5.16 Å². The van der Waals surface area contributed by atoms with E-state index in [1.807, 2.05) is 0 Å². The van der Waals surface area contributed by atoms with Crippen molar-refractivity contribution < 1.29 is 18.0 Å². The molecule has 1 atom stereocenters. The molecule has 0 spiro atoms. The van der Waals surface area contributed by atoms with E-state index in [-0.39, 0.29) is 16.8 Å². The number of halogens is 1. The molecule has 0 aromatic heterocycles. The van der Waals surface area contributed by atoms with Gasteiger partial charge in [0.05, 0.1) is 22.5 Å². The monoisotopic (exact) mass is 348 g/mol. The van der Waals surface area contributed by atoms with Crippen molar-refractivity contribution in [3.05, 3.63) is 29.3 Å². The van der Waals surface area contributed by atoms with Crippen molar-refractivity contribution in [3.8, 4) is 0 Å². The van der Waals surface area contributed by atoms with Crippen LogP contribution in [0.2, 0.25) is 5.02 Å². The van der Waals surface area contributed by atoms with Crippen LogP contribution in [0.15, 0.2) is 29.4 Å². The molecule has 1 aromatic carbocycles. The molecule has 1 aromatic rings. The number of sulfone groups is 1. The van der Waals surface area contributed by atoms with Crippen LogP contribution >= 0.6 is 23.4 Å². The molecule has 0 bridgehead atoms. The summed E-state index contributed by atoms with van der Waals surface area (Å²) in [7, 11) is -3.15. The number of hydrogen-bond acceptors (Lipinski definition) is 6. The normalized spacial score (nSPS) is 22.2. The molecular formula is C12H13ClN2O4S2. The Hall–Kier alpha value is -1.25. The number of benzene rings is 1. The molecule has 9 heteroatoms. The van der Waals surface area contributed by atoms with Gasteiger partial charge in [-0.15, -0.1) is 0 Å². The van der Waals surface area contributed by atoms with Crippen LogP contribution in [0.3, 0.4) is 0 Å². The van der Waals surface area contributed by atoms with E-state index >= 15 is 0 Å². The van der Waals surface area contributed by atoms with E-state index in [9.17, 15) is 13.2 Å². The first-order valence-electron chi connectivity index (χ1n) is 5.93. The lowest BCUT2D eigenvalue weighted by Gasteiger charge is -2.05. The van der Waals surface area contributed by atoms with Crippen LogP contribution in [-0.2, 0) is 14.7 Å². The molecule has 1 amide bonds. The van der Waals surface area contributed by atoms with Gasteiger partial charge in [-0.1, -0.05) is 16.8 Å². The van der Waals surface area contributed by atoms with E-state index < -0.39 is 15.9 Å². The van der Waals surface area contributed by atoms with Crippen LogP contribution in [0.4, 0.5) is 10.5 Å². The summed E-state index contributed by atoms with van der Waals surface area (Å²) in [6.45, 7) is 0. The lowest BCUT2D eigenvalue weighted by Crippen LogP contribution is -2.17. The van der Waals surface area contributed by atoms with Crippen molar-refractivity contribution >= 4 is 50.7 Å². The van der Waals surface area contributed by atoms with Gasteiger partial charge in [0.25, 0.3) is 0 Å². The molecular weight excluding hydrogens is 336 g/mol. The van der Waals surface area contributed by atoms with E-state index in [4.69, 9.17) is 16.4 Å². The lowest BCUT2D eigenvalue weighted by molar-refractivity contribution is 0.166. The zero-order chi connectivity index (χ0) is 15.5. The van der Waals surface area contributed by atoms with Gasteiger partial charge >= 0.3 is 6.09 Å². The molecule has 1 aliphatic heterocycles. The predicted molar refractivity (Wildman–Crippen MR) is 84.9 cm³/mol. The molecule has 6 nitrogen and oxygen atoms in total. The molecule has 1 aliphatic rings. The fraction of sp³-hybridized carbons (Fsp3) is 0.333. The van der Waals surface area contributed by atoms with Gasteiger partial charge in [-0.3, -0.25) is 10.2 Å². The SMILES string of the molecule is CSC1CS(=O)(=O)C/C1=N\OC(=O)Nc1ccc(Cl)cc1. The Bertz CT molecular complexity index is 658. The summed E-state index contributed by atoms with van der Waals surface area (Å²) < 4.78 is 23.0. The predicted octanol–water partition coefficient (Wildman–Crippen LogP) is 2.40. The Morgan fingerprint density at radius 1 is 1.43 bits per heavy atom. The summed E-state index contributed by atoms with van der Waals surface area (Å²) >= 11 is 7.09. The number of anilines is 1. The smallest absolute Gasteiger partial charge is 0.298 e. The number of carbonyl (C=O) groups excluding carboxylic acids is 1. The number of nitrogens with zero attached hydrogens (tertiary/aromatic N) is 1. The van der Waals surface area contributed by atoms with Gasteiger partial charge in [-0.2, -0.15) is 11.8 Å². The van der Waals surface area contributed by atoms with Crippen LogP contribution in [0.5, 0.6) is 0 Å². The highest BCUT2D eigenvalue weighted by Crippen LogP contribution is 2.20. The summed E-state index contributed by atoms with van der Waals surface area (Å²) in [6, 6.07) is 6.47. The second kappa shape index (κ2) is 6.67. The van der Waals surface area contributed by atoms with Crippen LogP contribution in [0.25, 0.3) is 0 Å². The van der Waals surface area contributed by atoms with Crippen molar-refractivity contribution in [2.45, 2.75) is 5.25 Å².